The van der Waals surface area contributed by atoms with Gasteiger partial charge < -0.3 is 15.0 Å². The monoisotopic (exact) mass is 366 g/mol. The number of nitrogens with one attached hydrogen (secondary N) is 1. The van der Waals surface area contributed by atoms with Crippen LogP contribution in [0.25, 0.3) is 0 Å². The largest absolute Gasteiger partial charge is 0.492 e. The van der Waals surface area contributed by atoms with Crippen LogP contribution in [0, 0.1) is 12.8 Å². The molecule has 0 saturated carbocycles. The Balaban J connectivity index is 1.37. The van der Waals surface area contributed by atoms with Gasteiger partial charge in [-0.15, -0.1) is 0 Å². The van der Waals surface area contributed by atoms with Crippen LogP contribution in [0.4, 0.5) is 0 Å². The van der Waals surface area contributed by atoms with Crippen molar-refractivity contribution in [1.29, 1.82) is 0 Å². The minimum absolute atomic E-state index is 0.0574. The van der Waals surface area contributed by atoms with Gasteiger partial charge in [0.2, 0.25) is 11.8 Å². The van der Waals surface area contributed by atoms with Crippen molar-refractivity contribution in [3.63, 3.8) is 0 Å². The average Bonchev–Trinajstić information content (AvgIpc) is 3.06. The molecule has 1 aliphatic rings. The van der Waals surface area contributed by atoms with Crippen LogP contribution in [-0.2, 0) is 16.0 Å². The number of amides is 2. The van der Waals surface area contributed by atoms with E-state index < -0.39 is 0 Å². The molecule has 0 radical (unpaired) electrons. The summed E-state index contributed by atoms with van der Waals surface area (Å²) in [5.74, 6) is 0.505. The first-order valence-corrected chi connectivity index (χ1v) is 9.40. The zero-order chi connectivity index (χ0) is 19.1. The number of hydrogen-bond donors (Lipinski definition) is 1. The van der Waals surface area contributed by atoms with E-state index in [0.29, 0.717) is 32.7 Å². The number of ether oxygens (including phenoxy) is 1. The summed E-state index contributed by atoms with van der Waals surface area (Å²) in [6.45, 7) is 4.02. The molecule has 1 fully saturated rings. The zero-order valence-corrected chi connectivity index (χ0v) is 15.7. The predicted molar refractivity (Wildman–Crippen MR) is 105 cm³/mol. The van der Waals surface area contributed by atoms with Crippen molar-refractivity contribution in [3.8, 4) is 5.75 Å². The summed E-state index contributed by atoms with van der Waals surface area (Å²) in [4.78, 5) is 26.3. The highest BCUT2D eigenvalue weighted by atomic mass is 16.5. The first kappa shape index (κ1) is 19.0. The minimum atomic E-state index is -0.271. The van der Waals surface area contributed by atoms with Crippen molar-refractivity contribution < 1.29 is 14.3 Å². The summed E-state index contributed by atoms with van der Waals surface area (Å²) in [6, 6.07) is 17.9. The molecule has 3 rings (SSSR count). The Hall–Kier alpha value is -2.82. The predicted octanol–water partition coefficient (Wildman–Crippen LogP) is 2.58. The Kier molecular flexibility index (Phi) is 6.47. The van der Waals surface area contributed by atoms with Crippen molar-refractivity contribution in [2.45, 2.75) is 19.8 Å². The molecule has 1 atom stereocenters. The molecule has 0 spiro atoms. The minimum Gasteiger partial charge on any atom is -0.492 e. The molecule has 2 aromatic rings. The smallest absolute Gasteiger partial charge is 0.225 e. The number of carbonyl (C=O) groups excluding carboxylic acids is 2. The second-order valence-electron chi connectivity index (χ2n) is 6.93. The normalized spacial score (nSPS) is 16.4. The van der Waals surface area contributed by atoms with Gasteiger partial charge in [-0.05, 0) is 31.0 Å². The summed E-state index contributed by atoms with van der Waals surface area (Å²) in [5, 5.41) is 2.88. The summed E-state index contributed by atoms with van der Waals surface area (Å²) in [7, 11) is 0. The molecule has 2 aromatic carbocycles. The fourth-order valence-corrected chi connectivity index (χ4v) is 3.19. The van der Waals surface area contributed by atoms with Gasteiger partial charge in [0.05, 0.1) is 12.5 Å². The fraction of sp³-hybridized carbons (Fsp3) is 0.364. The number of nitrogens with zero attached hydrogens (tertiary/aromatic N) is 1. The van der Waals surface area contributed by atoms with E-state index in [1.165, 1.54) is 11.1 Å². The second kappa shape index (κ2) is 9.21. The number of benzene rings is 2. The molecular formula is C22H26N2O3. The second-order valence-corrected chi connectivity index (χ2v) is 6.93. The van der Waals surface area contributed by atoms with Gasteiger partial charge in [0, 0.05) is 19.5 Å². The maximum absolute atomic E-state index is 12.3. The van der Waals surface area contributed by atoms with Gasteiger partial charge in [-0.3, -0.25) is 9.59 Å². The Morgan fingerprint density at radius 1 is 1.15 bits per heavy atom. The van der Waals surface area contributed by atoms with E-state index in [4.69, 9.17) is 4.74 Å². The van der Waals surface area contributed by atoms with Gasteiger partial charge in [0.25, 0.3) is 0 Å². The molecular weight excluding hydrogens is 340 g/mol. The Bertz CT molecular complexity index is 759. The maximum atomic E-state index is 12.3. The molecule has 1 saturated heterocycles. The van der Waals surface area contributed by atoms with E-state index in [9.17, 15) is 9.59 Å². The Morgan fingerprint density at radius 2 is 1.89 bits per heavy atom. The van der Waals surface area contributed by atoms with Crippen LogP contribution in [0.2, 0.25) is 0 Å². The molecule has 1 N–H and O–H groups in total. The van der Waals surface area contributed by atoms with Gasteiger partial charge >= 0.3 is 0 Å². The third-order valence-corrected chi connectivity index (χ3v) is 4.79. The number of aryl methyl sites for hydroxylation is 1. The zero-order valence-electron chi connectivity index (χ0n) is 15.7. The van der Waals surface area contributed by atoms with Crippen LogP contribution in [0.15, 0.2) is 54.6 Å². The van der Waals surface area contributed by atoms with Crippen LogP contribution in [0.1, 0.15) is 17.5 Å². The highest BCUT2D eigenvalue weighted by Crippen LogP contribution is 2.18. The lowest BCUT2D eigenvalue weighted by molar-refractivity contribution is -0.129. The molecule has 142 valence electrons. The molecule has 1 unspecified atom stereocenters. The first-order valence-electron chi connectivity index (χ1n) is 9.40. The molecule has 5 heteroatoms. The molecule has 2 amide bonds. The Morgan fingerprint density at radius 3 is 2.63 bits per heavy atom. The highest BCUT2D eigenvalue weighted by molar-refractivity contribution is 5.89. The van der Waals surface area contributed by atoms with Crippen LogP contribution in [0.5, 0.6) is 5.75 Å². The van der Waals surface area contributed by atoms with E-state index in [1.54, 1.807) is 4.90 Å². The molecule has 1 heterocycles. The lowest BCUT2D eigenvalue weighted by atomic mass is 10.1. The molecule has 0 aromatic heterocycles. The lowest BCUT2D eigenvalue weighted by Gasteiger charge is -2.16. The standard InChI is InChI=1S/C22H26N2O3/c1-17-7-9-20(10-8-17)27-14-12-23-22(26)19-15-21(25)24(16-19)13-11-18-5-3-2-4-6-18/h2-10,19H,11-16H2,1H3,(H,23,26). The summed E-state index contributed by atoms with van der Waals surface area (Å²) < 4.78 is 5.61. The van der Waals surface area contributed by atoms with E-state index in [1.807, 2.05) is 49.4 Å². The van der Waals surface area contributed by atoms with Gasteiger partial charge in [-0.2, -0.15) is 0 Å². The number of hydrogen-bond acceptors (Lipinski definition) is 3. The molecule has 27 heavy (non-hydrogen) atoms. The molecule has 1 aliphatic heterocycles. The molecule has 5 nitrogen and oxygen atoms in total. The fourth-order valence-electron chi connectivity index (χ4n) is 3.19. The van der Waals surface area contributed by atoms with Crippen molar-refractivity contribution in [3.05, 3.63) is 65.7 Å². The van der Waals surface area contributed by atoms with Gasteiger partial charge in [0.15, 0.2) is 0 Å². The number of rotatable bonds is 8. The summed E-state index contributed by atoms with van der Waals surface area (Å²) in [5.41, 5.74) is 2.38. The number of likely N-dealkylation sites (tertiary alicyclic amines) is 1. The van der Waals surface area contributed by atoms with Crippen LogP contribution in [0.3, 0.4) is 0 Å². The van der Waals surface area contributed by atoms with Crippen molar-refractivity contribution in [1.82, 2.24) is 10.2 Å². The molecule has 0 aliphatic carbocycles. The Labute approximate surface area is 160 Å². The first-order chi connectivity index (χ1) is 13.1. The SMILES string of the molecule is Cc1ccc(OCCNC(=O)C2CC(=O)N(CCc3ccccc3)C2)cc1. The third-order valence-electron chi connectivity index (χ3n) is 4.79. The van der Waals surface area contributed by atoms with Gasteiger partial charge in [0.1, 0.15) is 12.4 Å². The average molecular weight is 366 g/mol. The van der Waals surface area contributed by atoms with E-state index in [-0.39, 0.29) is 17.7 Å². The van der Waals surface area contributed by atoms with E-state index in [2.05, 4.69) is 17.4 Å². The van der Waals surface area contributed by atoms with Gasteiger partial charge in [-0.25, -0.2) is 0 Å². The molecule has 0 bridgehead atoms. The maximum Gasteiger partial charge on any atom is 0.225 e. The number of carbonyl (C=O) groups is 2. The van der Waals surface area contributed by atoms with Gasteiger partial charge in [-0.1, -0.05) is 48.0 Å². The summed E-state index contributed by atoms with van der Waals surface area (Å²) in [6.07, 6.45) is 1.10. The van der Waals surface area contributed by atoms with E-state index >= 15 is 0 Å². The van der Waals surface area contributed by atoms with Crippen molar-refractivity contribution in [2.24, 2.45) is 5.92 Å². The lowest BCUT2D eigenvalue weighted by Crippen LogP contribution is -2.35. The van der Waals surface area contributed by atoms with Crippen molar-refractivity contribution >= 4 is 11.8 Å². The van der Waals surface area contributed by atoms with Crippen LogP contribution >= 0.6 is 0 Å². The van der Waals surface area contributed by atoms with Crippen LogP contribution < -0.4 is 10.1 Å². The topological polar surface area (TPSA) is 58.6 Å². The summed E-state index contributed by atoms with van der Waals surface area (Å²) >= 11 is 0. The van der Waals surface area contributed by atoms with Crippen molar-refractivity contribution in [2.75, 3.05) is 26.2 Å². The van der Waals surface area contributed by atoms with E-state index in [0.717, 1.165) is 12.2 Å². The third kappa shape index (κ3) is 5.58. The quantitative estimate of drug-likeness (QED) is 0.731. The highest BCUT2D eigenvalue weighted by Gasteiger charge is 2.33. The van der Waals surface area contributed by atoms with Crippen LogP contribution in [-0.4, -0.2) is 43.0 Å².